The van der Waals surface area contributed by atoms with Crippen LogP contribution in [0.1, 0.15) is 23.1 Å². The van der Waals surface area contributed by atoms with Gasteiger partial charge in [0, 0.05) is 0 Å². The Labute approximate surface area is 99.5 Å². The van der Waals surface area contributed by atoms with Crippen LogP contribution in [0, 0.1) is 13.8 Å². The smallest absolute Gasteiger partial charge is 0.000824 e. The lowest BCUT2D eigenvalue weighted by atomic mass is 10.0. The van der Waals surface area contributed by atoms with E-state index in [9.17, 15) is 0 Å². The maximum absolute atomic E-state index is 3.48. The molecule has 0 spiro atoms. The number of nitrogens with one attached hydrogen (secondary N) is 2. The van der Waals surface area contributed by atoms with Crippen molar-refractivity contribution in [3.63, 3.8) is 0 Å². The van der Waals surface area contributed by atoms with E-state index in [1.54, 1.807) is 0 Å². The van der Waals surface area contributed by atoms with E-state index in [0.29, 0.717) is 0 Å². The van der Waals surface area contributed by atoms with E-state index in [2.05, 4.69) is 42.7 Å². The van der Waals surface area contributed by atoms with Crippen LogP contribution in [0.2, 0.25) is 0 Å². The molecule has 0 fully saturated rings. The highest BCUT2D eigenvalue weighted by molar-refractivity contribution is 5.30. The highest BCUT2D eigenvalue weighted by Crippen LogP contribution is 2.10. The molecule has 1 aromatic rings. The lowest BCUT2D eigenvalue weighted by Gasteiger charge is -2.08. The van der Waals surface area contributed by atoms with Crippen molar-refractivity contribution in [3.8, 4) is 0 Å². The van der Waals surface area contributed by atoms with Gasteiger partial charge in [0.05, 0.1) is 0 Å². The predicted octanol–water partition coefficient (Wildman–Crippen LogP) is 2.05. The second-order valence-corrected chi connectivity index (χ2v) is 4.39. The lowest BCUT2D eigenvalue weighted by Crippen LogP contribution is -2.22. The number of hydrogen-bond donors (Lipinski definition) is 2. The lowest BCUT2D eigenvalue weighted by molar-refractivity contribution is 0.624. The van der Waals surface area contributed by atoms with Gasteiger partial charge in [0.15, 0.2) is 0 Å². The summed E-state index contributed by atoms with van der Waals surface area (Å²) < 4.78 is 0. The van der Waals surface area contributed by atoms with Gasteiger partial charge < -0.3 is 10.6 Å². The van der Waals surface area contributed by atoms with E-state index in [-0.39, 0.29) is 0 Å². The van der Waals surface area contributed by atoms with Crippen LogP contribution in [0.3, 0.4) is 0 Å². The van der Waals surface area contributed by atoms with Gasteiger partial charge in [0.2, 0.25) is 0 Å². The topological polar surface area (TPSA) is 24.1 Å². The van der Waals surface area contributed by atoms with Gasteiger partial charge in [0.25, 0.3) is 0 Å². The molecule has 2 nitrogen and oxygen atoms in total. The highest BCUT2D eigenvalue weighted by Gasteiger charge is 1.98. The average Bonchev–Trinajstić information content (AvgIpc) is 2.28. The molecular weight excluding hydrogens is 196 g/mol. The highest BCUT2D eigenvalue weighted by atomic mass is 14.9. The fourth-order valence-electron chi connectivity index (χ4n) is 1.81. The van der Waals surface area contributed by atoms with Crippen LogP contribution in [-0.4, -0.2) is 26.7 Å². The first-order valence-electron chi connectivity index (χ1n) is 6.15. The van der Waals surface area contributed by atoms with Crippen molar-refractivity contribution in [1.29, 1.82) is 0 Å². The Morgan fingerprint density at radius 2 is 1.88 bits per heavy atom. The summed E-state index contributed by atoms with van der Waals surface area (Å²) in [6, 6.07) is 6.69. The van der Waals surface area contributed by atoms with Crippen molar-refractivity contribution in [2.45, 2.75) is 26.7 Å². The average molecular weight is 220 g/mol. The maximum atomic E-state index is 3.48. The molecule has 0 unspecified atom stereocenters. The Balaban J connectivity index is 2.23. The second kappa shape index (κ2) is 7.42. The molecule has 90 valence electrons. The van der Waals surface area contributed by atoms with Gasteiger partial charge in [-0.15, -0.1) is 0 Å². The molecule has 0 aromatic heterocycles. The Hall–Kier alpha value is -0.860. The Kier molecular flexibility index (Phi) is 6.12. The molecule has 2 N–H and O–H groups in total. The molecule has 2 heteroatoms. The zero-order valence-electron chi connectivity index (χ0n) is 10.8. The van der Waals surface area contributed by atoms with Crippen molar-refractivity contribution < 1.29 is 0 Å². The van der Waals surface area contributed by atoms with Crippen molar-refractivity contribution >= 4 is 0 Å². The van der Waals surface area contributed by atoms with Gasteiger partial charge in [-0.3, -0.25) is 0 Å². The van der Waals surface area contributed by atoms with Crippen LogP contribution in [0.4, 0.5) is 0 Å². The van der Waals surface area contributed by atoms with Gasteiger partial charge in [-0.25, -0.2) is 0 Å². The summed E-state index contributed by atoms with van der Waals surface area (Å²) in [7, 11) is 2.00. The first-order valence-corrected chi connectivity index (χ1v) is 6.15. The molecule has 0 heterocycles. The molecule has 1 rings (SSSR count). The van der Waals surface area contributed by atoms with E-state index in [4.69, 9.17) is 0 Å². The number of hydrogen-bond acceptors (Lipinski definition) is 2. The quantitative estimate of drug-likeness (QED) is 0.687. The molecule has 0 saturated carbocycles. The number of aryl methyl sites for hydroxylation is 2. The first-order chi connectivity index (χ1) is 7.74. The number of rotatable bonds is 7. The van der Waals surface area contributed by atoms with E-state index in [1.165, 1.54) is 23.1 Å². The summed E-state index contributed by atoms with van der Waals surface area (Å²) in [5, 5.41) is 6.63. The van der Waals surface area contributed by atoms with Crippen LogP contribution in [0.25, 0.3) is 0 Å². The molecule has 0 aliphatic carbocycles. The van der Waals surface area contributed by atoms with E-state index in [1.807, 2.05) is 7.05 Å². The predicted molar refractivity (Wildman–Crippen MR) is 71.0 cm³/mol. The minimum Gasteiger partial charge on any atom is -0.320 e. The summed E-state index contributed by atoms with van der Waals surface area (Å²) in [4.78, 5) is 0. The van der Waals surface area contributed by atoms with Gasteiger partial charge in [0.1, 0.15) is 0 Å². The van der Waals surface area contributed by atoms with Crippen molar-refractivity contribution in [2.24, 2.45) is 0 Å². The van der Waals surface area contributed by atoms with Gasteiger partial charge in [-0.1, -0.05) is 23.8 Å². The Morgan fingerprint density at radius 1 is 1.06 bits per heavy atom. The third-order valence-corrected chi connectivity index (χ3v) is 2.86. The van der Waals surface area contributed by atoms with Crippen LogP contribution in [0.5, 0.6) is 0 Å². The minimum atomic E-state index is 1.08. The summed E-state index contributed by atoms with van der Waals surface area (Å²) >= 11 is 0. The Morgan fingerprint density at radius 3 is 2.62 bits per heavy atom. The third kappa shape index (κ3) is 4.77. The summed E-state index contributed by atoms with van der Waals surface area (Å²) in [6.07, 6.45) is 2.33. The zero-order valence-corrected chi connectivity index (χ0v) is 10.8. The molecule has 16 heavy (non-hydrogen) atoms. The van der Waals surface area contributed by atoms with Gasteiger partial charge >= 0.3 is 0 Å². The summed E-state index contributed by atoms with van der Waals surface area (Å²) in [6.45, 7) is 7.62. The molecule has 0 saturated heterocycles. The summed E-state index contributed by atoms with van der Waals surface area (Å²) in [5.41, 5.74) is 4.24. The summed E-state index contributed by atoms with van der Waals surface area (Å²) in [5.74, 6) is 0. The fraction of sp³-hybridized carbons (Fsp3) is 0.571. The van der Waals surface area contributed by atoms with Crippen LogP contribution < -0.4 is 10.6 Å². The molecule has 0 amide bonds. The van der Waals surface area contributed by atoms with Gasteiger partial charge in [-0.05, 0) is 64.5 Å². The Bertz CT molecular complexity index is 308. The van der Waals surface area contributed by atoms with Crippen LogP contribution >= 0.6 is 0 Å². The van der Waals surface area contributed by atoms with Gasteiger partial charge in [-0.2, -0.15) is 0 Å². The zero-order chi connectivity index (χ0) is 11.8. The first kappa shape index (κ1) is 13.2. The largest absolute Gasteiger partial charge is 0.320 e. The van der Waals surface area contributed by atoms with Crippen molar-refractivity contribution in [2.75, 3.05) is 26.7 Å². The fourth-order valence-corrected chi connectivity index (χ4v) is 1.81. The van der Waals surface area contributed by atoms with Crippen LogP contribution in [0.15, 0.2) is 18.2 Å². The van der Waals surface area contributed by atoms with Crippen molar-refractivity contribution in [1.82, 2.24) is 10.6 Å². The second-order valence-electron chi connectivity index (χ2n) is 4.39. The SMILES string of the molecule is CNCCCNCCc1cc(C)ccc1C. The van der Waals surface area contributed by atoms with Crippen molar-refractivity contribution in [3.05, 3.63) is 34.9 Å². The molecule has 0 atom stereocenters. The third-order valence-electron chi connectivity index (χ3n) is 2.86. The molecule has 0 aliphatic rings. The maximum Gasteiger partial charge on any atom is -0.000824 e. The molecule has 1 aromatic carbocycles. The molecular formula is C14H24N2. The standard InChI is InChI=1S/C14H24N2/c1-12-5-6-13(2)14(11-12)7-10-16-9-4-8-15-3/h5-6,11,15-16H,4,7-10H2,1-3H3. The molecule has 0 bridgehead atoms. The normalized spacial score (nSPS) is 10.7. The molecule has 0 radical (unpaired) electrons. The number of benzene rings is 1. The van der Waals surface area contributed by atoms with Crippen LogP contribution in [-0.2, 0) is 6.42 Å². The van der Waals surface area contributed by atoms with E-state index < -0.39 is 0 Å². The monoisotopic (exact) mass is 220 g/mol. The minimum absolute atomic E-state index is 1.08. The van der Waals surface area contributed by atoms with E-state index in [0.717, 1.165) is 26.1 Å². The molecule has 0 aliphatic heterocycles. The van der Waals surface area contributed by atoms with E-state index >= 15 is 0 Å².